The van der Waals surface area contributed by atoms with Crippen LogP contribution in [0.3, 0.4) is 0 Å². The van der Waals surface area contributed by atoms with Crippen molar-refractivity contribution in [2.45, 2.75) is 39.8 Å². The lowest BCUT2D eigenvalue weighted by molar-refractivity contribution is 0.402. The van der Waals surface area contributed by atoms with Gasteiger partial charge in [0.2, 0.25) is 0 Å². The number of aliphatic imine (C=N–C) groups is 1. The van der Waals surface area contributed by atoms with Crippen molar-refractivity contribution in [3.63, 3.8) is 0 Å². The van der Waals surface area contributed by atoms with Gasteiger partial charge in [-0.05, 0) is 31.1 Å². The zero-order valence-corrected chi connectivity index (χ0v) is 17.6. The topological polar surface area (TPSA) is 39.7 Å². The number of benzene rings is 1. The Balaban J connectivity index is 0.00000484. The summed E-state index contributed by atoms with van der Waals surface area (Å²) in [6.45, 7) is 7.22. The molecule has 132 valence electrons. The molecule has 0 aliphatic carbocycles. The van der Waals surface area contributed by atoms with Gasteiger partial charge in [-0.15, -0.1) is 24.0 Å². The molecule has 0 aromatic heterocycles. The summed E-state index contributed by atoms with van der Waals surface area (Å²) >= 11 is 0. The number of nitrogens with zero attached hydrogens (tertiary/aromatic N) is 2. The monoisotopic (exact) mass is 432 g/mol. The van der Waals surface area contributed by atoms with Crippen LogP contribution in [0.15, 0.2) is 29.3 Å². The van der Waals surface area contributed by atoms with Crippen LogP contribution >= 0.6 is 24.0 Å². The molecular formula is C18H33IN4. The summed E-state index contributed by atoms with van der Waals surface area (Å²) in [5.41, 5.74) is 2.62. The van der Waals surface area contributed by atoms with Gasteiger partial charge in [0.25, 0.3) is 0 Å². The van der Waals surface area contributed by atoms with Crippen molar-refractivity contribution < 1.29 is 0 Å². The summed E-state index contributed by atoms with van der Waals surface area (Å²) in [4.78, 5) is 6.48. The Morgan fingerprint density at radius 3 is 2.35 bits per heavy atom. The molecule has 1 aromatic carbocycles. The van der Waals surface area contributed by atoms with Crippen LogP contribution in [0.25, 0.3) is 0 Å². The number of hydrogen-bond donors (Lipinski definition) is 2. The summed E-state index contributed by atoms with van der Waals surface area (Å²) in [6.07, 6.45) is 2.40. The fourth-order valence-electron chi connectivity index (χ4n) is 2.43. The molecule has 5 heteroatoms. The lowest BCUT2D eigenvalue weighted by atomic mass is 10.0. The van der Waals surface area contributed by atoms with E-state index in [-0.39, 0.29) is 24.0 Å². The van der Waals surface area contributed by atoms with Crippen molar-refractivity contribution in [2.75, 3.05) is 27.7 Å². The predicted molar refractivity (Wildman–Crippen MR) is 112 cm³/mol. The molecule has 0 bridgehead atoms. The minimum atomic E-state index is 0. The Bertz CT molecular complexity index is 456. The van der Waals surface area contributed by atoms with Crippen LogP contribution in [0, 0.1) is 5.92 Å². The molecule has 23 heavy (non-hydrogen) atoms. The first kappa shape index (κ1) is 22.2. The number of guanidine groups is 1. The van der Waals surface area contributed by atoms with Gasteiger partial charge in [-0.1, -0.05) is 51.0 Å². The van der Waals surface area contributed by atoms with Crippen LogP contribution in [-0.4, -0.2) is 38.5 Å². The first-order valence-corrected chi connectivity index (χ1v) is 8.26. The van der Waals surface area contributed by atoms with Crippen LogP contribution in [0.4, 0.5) is 0 Å². The number of nitrogens with one attached hydrogen (secondary N) is 2. The van der Waals surface area contributed by atoms with Gasteiger partial charge in [-0.2, -0.15) is 0 Å². The highest BCUT2D eigenvalue weighted by Gasteiger charge is 2.05. The molecule has 0 saturated carbocycles. The van der Waals surface area contributed by atoms with Crippen molar-refractivity contribution in [3.05, 3.63) is 35.4 Å². The lowest BCUT2D eigenvalue weighted by Gasteiger charge is -2.17. The summed E-state index contributed by atoms with van der Waals surface area (Å²) in [7, 11) is 6.01. The molecule has 0 radical (unpaired) electrons. The van der Waals surface area contributed by atoms with E-state index >= 15 is 0 Å². The SMILES string of the molecule is CCC(CC)CNC(=NC)NCc1cccc(CN(C)C)c1.I. The number of rotatable bonds is 8. The normalized spacial score (nSPS) is 11.5. The minimum Gasteiger partial charge on any atom is -0.356 e. The summed E-state index contributed by atoms with van der Waals surface area (Å²) in [6, 6.07) is 8.70. The maximum atomic E-state index is 4.30. The zero-order chi connectivity index (χ0) is 16.4. The zero-order valence-electron chi connectivity index (χ0n) is 15.2. The van der Waals surface area contributed by atoms with Gasteiger partial charge in [0, 0.05) is 26.7 Å². The third kappa shape index (κ3) is 9.15. The molecule has 0 fully saturated rings. The Labute approximate surface area is 159 Å². The molecule has 0 aliphatic heterocycles. The summed E-state index contributed by atoms with van der Waals surface area (Å²) in [5.74, 6) is 1.59. The van der Waals surface area contributed by atoms with Crippen LogP contribution in [0.1, 0.15) is 37.8 Å². The Morgan fingerprint density at radius 1 is 1.13 bits per heavy atom. The lowest BCUT2D eigenvalue weighted by Crippen LogP contribution is -2.39. The van der Waals surface area contributed by atoms with Gasteiger partial charge >= 0.3 is 0 Å². The molecule has 2 N–H and O–H groups in total. The largest absolute Gasteiger partial charge is 0.356 e. The second kappa shape index (κ2) is 12.6. The van der Waals surface area contributed by atoms with Crippen molar-refractivity contribution in [2.24, 2.45) is 10.9 Å². The quantitative estimate of drug-likeness (QED) is 0.376. The van der Waals surface area contributed by atoms with E-state index < -0.39 is 0 Å². The molecule has 0 aliphatic rings. The van der Waals surface area contributed by atoms with E-state index in [1.165, 1.54) is 24.0 Å². The van der Waals surface area contributed by atoms with Gasteiger partial charge in [-0.3, -0.25) is 4.99 Å². The highest BCUT2D eigenvalue weighted by molar-refractivity contribution is 14.0. The second-order valence-corrected chi connectivity index (χ2v) is 6.05. The molecule has 0 saturated heterocycles. The molecule has 0 heterocycles. The highest BCUT2D eigenvalue weighted by Crippen LogP contribution is 2.07. The van der Waals surface area contributed by atoms with Crippen LogP contribution in [-0.2, 0) is 13.1 Å². The summed E-state index contributed by atoms with van der Waals surface area (Å²) < 4.78 is 0. The van der Waals surface area contributed by atoms with Crippen LogP contribution in [0.5, 0.6) is 0 Å². The Hall–Kier alpha value is -0.820. The molecular weight excluding hydrogens is 399 g/mol. The van der Waals surface area contributed by atoms with Gasteiger partial charge < -0.3 is 15.5 Å². The smallest absolute Gasteiger partial charge is 0.191 e. The van der Waals surface area contributed by atoms with Crippen molar-refractivity contribution >= 4 is 29.9 Å². The minimum absolute atomic E-state index is 0. The molecule has 0 spiro atoms. The molecule has 0 amide bonds. The van der Waals surface area contributed by atoms with E-state index in [1.807, 2.05) is 7.05 Å². The average Bonchev–Trinajstić information content (AvgIpc) is 2.51. The van der Waals surface area contributed by atoms with E-state index in [9.17, 15) is 0 Å². The highest BCUT2D eigenvalue weighted by atomic mass is 127. The number of halogens is 1. The van der Waals surface area contributed by atoms with Crippen molar-refractivity contribution in [3.8, 4) is 0 Å². The molecule has 4 nitrogen and oxygen atoms in total. The Morgan fingerprint density at radius 2 is 1.78 bits per heavy atom. The van der Waals surface area contributed by atoms with E-state index in [2.05, 4.69) is 72.7 Å². The first-order chi connectivity index (χ1) is 10.6. The van der Waals surface area contributed by atoms with Gasteiger partial charge in [0.15, 0.2) is 5.96 Å². The second-order valence-electron chi connectivity index (χ2n) is 6.05. The molecule has 0 atom stereocenters. The Kier molecular flexibility index (Phi) is 12.1. The van der Waals surface area contributed by atoms with E-state index in [0.29, 0.717) is 5.92 Å². The molecule has 1 rings (SSSR count). The third-order valence-corrected chi connectivity index (χ3v) is 3.89. The first-order valence-electron chi connectivity index (χ1n) is 8.26. The average molecular weight is 432 g/mol. The van der Waals surface area contributed by atoms with Crippen LogP contribution < -0.4 is 10.6 Å². The van der Waals surface area contributed by atoms with Gasteiger partial charge in [0.05, 0.1) is 0 Å². The fourth-order valence-corrected chi connectivity index (χ4v) is 2.43. The predicted octanol–water partition coefficient (Wildman–Crippen LogP) is 3.47. The molecule has 1 aromatic rings. The van der Waals surface area contributed by atoms with E-state index in [0.717, 1.165) is 25.6 Å². The van der Waals surface area contributed by atoms with E-state index in [1.54, 1.807) is 0 Å². The van der Waals surface area contributed by atoms with E-state index in [4.69, 9.17) is 0 Å². The number of hydrogen-bond acceptors (Lipinski definition) is 2. The summed E-state index contributed by atoms with van der Waals surface area (Å²) in [5, 5.41) is 6.81. The molecule has 0 unspecified atom stereocenters. The maximum Gasteiger partial charge on any atom is 0.191 e. The fraction of sp³-hybridized carbons (Fsp3) is 0.611. The maximum absolute atomic E-state index is 4.30. The third-order valence-electron chi connectivity index (χ3n) is 3.89. The standard InChI is InChI=1S/C18H32N4.HI/c1-6-15(7-2)12-20-18(19-3)21-13-16-9-8-10-17(11-16)14-22(4)5;/h8-11,15H,6-7,12-14H2,1-5H3,(H2,19,20,21);1H. The van der Waals surface area contributed by atoms with Crippen LogP contribution in [0.2, 0.25) is 0 Å². The van der Waals surface area contributed by atoms with Gasteiger partial charge in [0.1, 0.15) is 0 Å². The van der Waals surface area contributed by atoms with Crippen molar-refractivity contribution in [1.29, 1.82) is 0 Å². The van der Waals surface area contributed by atoms with Crippen molar-refractivity contribution in [1.82, 2.24) is 15.5 Å². The van der Waals surface area contributed by atoms with Gasteiger partial charge in [-0.25, -0.2) is 0 Å².